The minimum Gasteiger partial charge on any atom is -0.387 e. The molecular weight excluding hydrogens is 269 g/mol. The summed E-state index contributed by atoms with van der Waals surface area (Å²) in [6.45, 7) is 0.942. The third kappa shape index (κ3) is 5.59. The van der Waals surface area contributed by atoms with Crippen molar-refractivity contribution in [3.63, 3.8) is 0 Å². The van der Waals surface area contributed by atoms with Crippen LogP contribution in [0.1, 0.15) is 30.6 Å². The molecule has 20 heavy (non-hydrogen) atoms. The predicted molar refractivity (Wildman–Crippen MR) is 68.9 cm³/mol. The van der Waals surface area contributed by atoms with Gasteiger partial charge < -0.3 is 5.11 Å². The lowest BCUT2D eigenvalue weighted by atomic mass is 10.1. The van der Waals surface area contributed by atoms with Gasteiger partial charge in [-0.1, -0.05) is 19.1 Å². The highest BCUT2D eigenvalue weighted by atomic mass is 19.4. The number of nitrogens with zero attached hydrogens (tertiary/aromatic N) is 2. The normalized spacial score (nSPS) is 13.2. The summed E-state index contributed by atoms with van der Waals surface area (Å²) in [7, 11) is 0. The summed E-state index contributed by atoms with van der Waals surface area (Å²) in [5.41, 5.74) is 0.953. The van der Waals surface area contributed by atoms with Gasteiger partial charge in [-0.3, -0.25) is 4.90 Å². The molecule has 1 rings (SSSR count). The molecule has 1 unspecified atom stereocenters. The van der Waals surface area contributed by atoms with E-state index in [1.807, 2.05) is 6.07 Å². The van der Waals surface area contributed by atoms with Gasteiger partial charge in [0.15, 0.2) is 0 Å². The molecule has 0 spiro atoms. The van der Waals surface area contributed by atoms with Crippen LogP contribution in [-0.4, -0.2) is 35.8 Å². The molecule has 0 amide bonds. The van der Waals surface area contributed by atoms with Crippen LogP contribution in [0.3, 0.4) is 0 Å². The maximum atomic E-state index is 12.4. The molecule has 0 aromatic heterocycles. The lowest BCUT2D eigenvalue weighted by Crippen LogP contribution is -2.37. The maximum absolute atomic E-state index is 12.4. The maximum Gasteiger partial charge on any atom is 0.401 e. The fourth-order valence-corrected chi connectivity index (χ4v) is 1.93. The molecule has 0 aliphatic heterocycles. The molecule has 1 aromatic carbocycles. The summed E-state index contributed by atoms with van der Waals surface area (Å²) < 4.78 is 37.3. The molecule has 1 atom stereocenters. The number of halogens is 3. The van der Waals surface area contributed by atoms with Crippen molar-refractivity contribution in [1.29, 1.82) is 5.26 Å². The summed E-state index contributed by atoms with van der Waals surface area (Å²) in [4.78, 5) is 1.18. The van der Waals surface area contributed by atoms with Crippen LogP contribution in [0.2, 0.25) is 0 Å². The van der Waals surface area contributed by atoms with Gasteiger partial charge >= 0.3 is 6.18 Å². The monoisotopic (exact) mass is 286 g/mol. The third-order valence-corrected chi connectivity index (χ3v) is 2.80. The minimum absolute atomic E-state index is 0.0841. The number of aliphatic hydroxyl groups is 1. The summed E-state index contributed by atoms with van der Waals surface area (Å²) >= 11 is 0. The Kier molecular flexibility index (Phi) is 5.99. The van der Waals surface area contributed by atoms with Gasteiger partial charge in [0.2, 0.25) is 0 Å². The molecule has 0 heterocycles. The number of aliphatic hydroxyl groups excluding tert-OH is 1. The Morgan fingerprint density at radius 1 is 1.30 bits per heavy atom. The van der Waals surface area contributed by atoms with Crippen molar-refractivity contribution < 1.29 is 18.3 Å². The SMILES string of the molecule is CCCN(CC(O)c1ccc(C#N)cc1)CC(F)(F)F. The Balaban J connectivity index is 2.69. The highest BCUT2D eigenvalue weighted by Crippen LogP contribution is 2.20. The first kappa shape index (κ1) is 16.5. The zero-order chi connectivity index (χ0) is 15.2. The molecule has 0 radical (unpaired) electrons. The summed E-state index contributed by atoms with van der Waals surface area (Å²) in [6, 6.07) is 8.13. The zero-order valence-electron chi connectivity index (χ0n) is 11.2. The van der Waals surface area contributed by atoms with E-state index in [1.54, 1.807) is 19.1 Å². The second-order valence-electron chi connectivity index (χ2n) is 4.60. The molecule has 0 saturated heterocycles. The number of hydrogen-bond acceptors (Lipinski definition) is 3. The first-order chi connectivity index (χ1) is 9.35. The first-order valence-corrected chi connectivity index (χ1v) is 6.33. The highest BCUT2D eigenvalue weighted by molar-refractivity contribution is 5.32. The molecule has 0 aliphatic carbocycles. The number of rotatable bonds is 6. The number of alkyl halides is 3. The summed E-state index contributed by atoms with van der Waals surface area (Å²) in [5.74, 6) is 0. The molecule has 1 N–H and O–H groups in total. The molecular formula is C14H17F3N2O. The molecule has 0 fully saturated rings. The molecule has 110 valence electrons. The van der Waals surface area contributed by atoms with E-state index < -0.39 is 18.8 Å². The van der Waals surface area contributed by atoms with Crippen LogP contribution in [0.4, 0.5) is 13.2 Å². The smallest absolute Gasteiger partial charge is 0.387 e. The van der Waals surface area contributed by atoms with E-state index in [-0.39, 0.29) is 13.1 Å². The van der Waals surface area contributed by atoms with Crippen LogP contribution < -0.4 is 0 Å². The molecule has 0 saturated carbocycles. The second-order valence-corrected chi connectivity index (χ2v) is 4.60. The predicted octanol–water partition coefficient (Wildman–Crippen LogP) is 2.87. The summed E-state index contributed by atoms with van der Waals surface area (Å²) in [5, 5.41) is 18.7. The fraction of sp³-hybridized carbons (Fsp3) is 0.500. The zero-order valence-corrected chi connectivity index (χ0v) is 11.2. The van der Waals surface area contributed by atoms with Gasteiger partial charge in [0.25, 0.3) is 0 Å². The molecule has 0 bridgehead atoms. The number of nitriles is 1. The fourth-order valence-electron chi connectivity index (χ4n) is 1.93. The minimum atomic E-state index is -4.28. The second kappa shape index (κ2) is 7.27. The van der Waals surface area contributed by atoms with Crippen molar-refractivity contribution in [3.8, 4) is 6.07 Å². The van der Waals surface area contributed by atoms with Crippen LogP contribution in [0, 0.1) is 11.3 Å². The van der Waals surface area contributed by atoms with E-state index >= 15 is 0 Å². The van der Waals surface area contributed by atoms with Crippen LogP contribution in [0.15, 0.2) is 24.3 Å². The Morgan fingerprint density at radius 2 is 1.90 bits per heavy atom. The van der Waals surface area contributed by atoms with Gasteiger partial charge in [0, 0.05) is 6.54 Å². The van der Waals surface area contributed by atoms with Gasteiger partial charge in [-0.05, 0) is 30.7 Å². The standard InChI is InChI=1S/C14H17F3N2O/c1-2-7-19(10-14(15,16)17)9-13(20)12-5-3-11(8-18)4-6-12/h3-6,13,20H,2,7,9-10H2,1H3. The van der Waals surface area contributed by atoms with Gasteiger partial charge in [-0.2, -0.15) is 18.4 Å². The van der Waals surface area contributed by atoms with E-state index in [0.29, 0.717) is 17.5 Å². The van der Waals surface area contributed by atoms with E-state index in [9.17, 15) is 18.3 Å². The van der Waals surface area contributed by atoms with Crippen LogP contribution in [-0.2, 0) is 0 Å². The van der Waals surface area contributed by atoms with E-state index in [0.717, 1.165) is 0 Å². The molecule has 1 aromatic rings. The Bertz CT molecular complexity index is 451. The number of hydrogen-bond donors (Lipinski definition) is 1. The van der Waals surface area contributed by atoms with E-state index in [2.05, 4.69) is 0 Å². The Hall–Kier alpha value is -1.58. The van der Waals surface area contributed by atoms with Crippen molar-refractivity contribution in [1.82, 2.24) is 4.90 Å². The quantitative estimate of drug-likeness (QED) is 0.874. The van der Waals surface area contributed by atoms with Crippen LogP contribution in [0.25, 0.3) is 0 Å². The largest absolute Gasteiger partial charge is 0.401 e. The van der Waals surface area contributed by atoms with Crippen LogP contribution >= 0.6 is 0 Å². The van der Waals surface area contributed by atoms with E-state index in [1.165, 1.54) is 17.0 Å². The van der Waals surface area contributed by atoms with Crippen LogP contribution in [0.5, 0.6) is 0 Å². The average molecular weight is 286 g/mol. The first-order valence-electron chi connectivity index (χ1n) is 6.33. The lowest BCUT2D eigenvalue weighted by Gasteiger charge is -2.25. The van der Waals surface area contributed by atoms with Crippen molar-refractivity contribution in [2.45, 2.75) is 25.6 Å². The average Bonchev–Trinajstić information content (AvgIpc) is 2.37. The molecule has 6 heteroatoms. The van der Waals surface area contributed by atoms with Gasteiger partial charge in [-0.25, -0.2) is 0 Å². The van der Waals surface area contributed by atoms with Crippen molar-refractivity contribution in [2.75, 3.05) is 19.6 Å². The van der Waals surface area contributed by atoms with Crippen molar-refractivity contribution in [2.24, 2.45) is 0 Å². The topological polar surface area (TPSA) is 47.3 Å². The molecule has 3 nitrogen and oxygen atoms in total. The van der Waals surface area contributed by atoms with Crippen molar-refractivity contribution >= 4 is 0 Å². The lowest BCUT2D eigenvalue weighted by molar-refractivity contribution is -0.148. The number of benzene rings is 1. The highest BCUT2D eigenvalue weighted by Gasteiger charge is 2.31. The third-order valence-electron chi connectivity index (χ3n) is 2.80. The Morgan fingerprint density at radius 3 is 2.35 bits per heavy atom. The summed E-state index contributed by atoms with van der Waals surface area (Å²) in [6.07, 6.45) is -4.70. The Labute approximate surface area is 116 Å². The van der Waals surface area contributed by atoms with Gasteiger partial charge in [0.05, 0.1) is 24.3 Å². The van der Waals surface area contributed by atoms with Gasteiger partial charge in [0.1, 0.15) is 0 Å². The van der Waals surface area contributed by atoms with Gasteiger partial charge in [-0.15, -0.1) is 0 Å². The van der Waals surface area contributed by atoms with Crippen molar-refractivity contribution in [3.05, 3.63) is 35.4 Å². The molecule has 0 aliphatic rings. The van der Waals surface area contributed by atoms with E-state index in [4.69, 9.17) is 5.26 Å².